The first kappa shape index (κ1) is 16.1. The first-order valence-electron chi connectivity index (χ1n) is 9.14. The third-order valence-corrected chi connectivity index (χ3v) is 5.35. The van der Waals surface area contributed by atoms with E-state index in [1.807, 2.05) is 12.1 Å². The molecule has 2 saturated carbocycles. The van der Waals surface area contributed by atoms with Gasteiger partial charge in [0.25, 0.3) is 0 Å². The van der Waals surface area contributed by atoms with Crippen LogP contribution in [0, 0.1) is 11.8 Å². The van der Waals surface area contributed by atoms with Crippen LogP contribution in [0.2, 0.25) is 0 Å². The van der Waals surface area contributed by atoms with Crippen LogP contribution in [-0.2, 0) is 6.54 Å². The number of hydrogen-bond donors (Lipinski definition) is 2. The molecule has 7 heteroatoms. The first-order chi connectivity index (χ1) is 12.3. The van der Waals surface area contributed by atoms with Gasteiger partial charge in [0.15, 0.2) is 5.82 Å². The summed E-state index contributed by atoms with van der Waals surface area (Å²) in [4.78, 5) is 20.5. The number of nitrogens with zero attached hydrogens (tertiary/aromatic N) is 4. The molecule has 0 spiro atoms. The molecule has 2 aliphatic rings. The van der Waals surface area contributed by atoms with Crippen LogP contribution in [0.25, 0.3) is 5.82 Å². The Morgan fingerprint density at radius 3 is 2.96 bits per heavy atom. The number of aromatic nitrogens is 4. The van der Waals surface area contributed by atoms with Gasteiger partial charge in [-0.1, -0.05) is 38.2 Å². The summed E-state index contributed by atoms with van der Waals surface area (Å²) in [5.74, 6) is 2.19. The number of pyridine rings is 1. The van der Waals surface area contributed by atoms with Crippen molar-refractivity contribution in [2.75, 3.05) is 0 Å². The summed E-state index contributed by atoms with van der Waals surface area (Å²) < 4.78 is 1.61. The molecule has 0 radical (unpaired) electrons. The van der Waals surface area contributed by atoms with E-state index < -0.39 is 0 Å². The zero-order chi connectivity index (χ0) is 17.1. The number of carbonyl (C=O) groups is 1. The second-order valence-corrected chi connectivity index (χ2v) is 7.06. The molecule has 2 aliphatic carbocycles. The zero-order valence-electron chi connectivity index (χ0n) is 14.3. The Labute approximate surface area is 147 Å². The molecule has 2 aromatic rings. The molecule has 4 rings (SSSR count). The molecule has 0 bridgehead atoms. The van der Waals surface area contributed by atoms with Gasteiger partial charge in [0.1, 0.15) is 12.7 Å². The lowest BCUT2D eigenvalue weighted by atomic mass is 9.85. The fraction of sp³-hybridized carbons (Fsp3) is 0.556. The first-order valence-corrected chi connectivity index (χ1v) is 9.14. The van der Waals surface area contributed by atoms with Crippen molar-refractivity contribution in [2.45, 2.75) is 51.1 Å². The maximum atomic E-state index is 12.2. The highest BCUT2D eigenvalue weighted by atomic mass is 16.2. The topological polar surface area (TPSA) is 84.7 Å². The van der Waals surface area contributed by atoms with E-state index in [0.717, 1.165) is 17.9 Å². The summed E-state index contributed by atoms with van der Waals surface area (Å²) in [6.07, 6.45) is 12.7. The molecule has 132 valence electrons. The molecule has 2 fully saturated rings. The van der Waals surface area contributed by atoms with Gasteiger partial charge in [0, 0.05) is 24.3 Å². The van der Waals surface area contributed by atoms with Crippen LogP contribution in [0.15, 0.2) is 31.0 Å². The van der Waals surface area contributed by atoms with E-state index in [0.29, 0.717) is 24.3 Å². The van der Waals surface area contributed by atoms with E-state index in [1.54, 1.807) is 17.2 Å². The minimum atomic E-state index is -0.100. The smallest absolute Gasteiger partial charge is 0.315 e. The fourth-order valence-electron chi connectivity index (χ4n) is 3.95. The lowest BCUT2D eigenvalue weighted by Gasteiger charge is -2.21. The number of hydrogen-bond acceptors (Lipinski definition) is 4. The molecule has 2 heterocycles. The Morgan fingerprint density at radius 1 is 1.28 bits per heavy atom. The maximum absolute atomic E-state index is 12.2. The van der Waals surface area contributed by atoms with Crippen molar-refractivity contribution < 1.29 is 4.79 Å². The number of urea groups is 1. The average Bonchev–Trinajstić information content (AvgIpc) is 3.19. The van der Waals surface area contributed by atoms with E-state index in [1.165, 1.54) is 38.4 Å². The molecule has 0 saturated heterocycles. The second-order valence-electron chi connectivity index (χ2n) is 7.06. The molecular weight excluding hydrogens is 316 g/mol. The average molecular weight is 340 g/mol. The van der Waals surface area contributed by atoms with Gasteiger partial charge in [-0.25, -0.2) is 19.4 Å². The monoisotopic (exact) mass is 340 g/mol. The Bertz CT molecular complexity index is 710. The summed E-state index contributed by atoms with van der Waals surface area (Å²) >= 11 is 0. The van der Waals surface area contributed by atoms with Crippen LogP contribution in [0.4, 0.5) is 4.79 Å². The van der Waals surface area contributed by atoms with Gasteiger partial charge < -0.3 is 10.6 Å². The Kier molecular flexibility index (Phi) is 4.63. The maximum Gasteiger partial charge on any atom is 0.315 e. The fourth-order valence-corrected chi connectivity index (χ4v) is 3.95. The number of amides is 2. The van der Waals surface area contributed by atoms with E-state index in [9.17, 15) is 4.79 Å². The highest BCUT2D eigenvalue weighted by Gasteiger charge is 2.43. The van der Waals surface area contributed by atoms with Gasteiger partial charge in [-0.3, -0.25) is 0 Å². The standard InChI is InChI=1S/C18H24N6O/c25-18(23-16-9-15(16)13-5-2-1-3-6-13)21-10-14-7-4-8-20-17(14)24-12-19-11-22-24/h4,7-8,11-13,15-16H,1-3,5-6,9-10H2,(H2,21,23,25)/t15-,16-/m0/s1. The van der Waals surface area contributed by atoms with Crippen molar-refractivity contribution in [2.24, 2.45) is 11.8 Å². The van der Waals surface area contributed by atoms with Gasteiger partial charge in [0.05, 0.1) is 0 Å². The van der Waals surface area contributed by atoms with Gasteiger partial charge in [0.2, 0.25) is 0 Å². The summed E-state index contributed by atoms with van der Waals surface area (Å²) in [6, 6.07) is 4.05. The van der Waals surface area contributed by atoms with Crippen molar-refractivity contribution in [3.8, 4) is 5.82 Å². The minimum Gasteiger partial charge on any atom is -0.335 e. The van der Waals surface area contributed by atoms with Crippen LogP contribution in [0.1, 0.15) is 44.1 Å². The van der Waals surface area contributed by atoms with E-state index in [-0.39, 0.29) is 6.03 Å². The quantitative estimate of drug-likeness (QED) is 0.875. The number of carbonyl (C=O) groups excluding carboxylic acids is 1. The zero-order valence-corrected chi connectivity index (χ0v) is 14.3. The van der Waals surface area contributed by atoms with Crippen LogP contribution in [-0.4, -0.2) is 31.8 Å². The molecule has 0 unspecified atom stereocenters. The van der Waals surface area contributed by atoms with Crippen molar-refractivity contribution in [1.29, 1.82) is 0 Å². The van der Waals surface area contributed by atoms with E-state index >= 15 is 0 Å². The third kappa shape index (κ3) is 3.81. The minimum absolute atomic E-state index is 0.100. The third-order valence-electron chi connectivity index (χ3n) is 5.35. The van der Waals surface area contributed by atoms with E-state index in [4.69, 9.17) is 0 Å². The summed E-state index contributed by atoms with van der Waals surface area (Å²) in [5, 5.41) is 10.2. The van der Waals surface area contributed by atoms with Crippen molar-refractivity contribution in [1.82, 2.24) is 30.4 Å². The summed E-state index contributed by atoms with van der Waals surface area (Å²) in [5.41, 5.74) is 0.905. The highest BCUT2D eigenvalue weighted by molar-refractivity contribution is 5.74. The lowest BCUT2D eigenvalue weighted by Crippen LogP contribution is -2.37. The molecule has 2 atom stereocenters. The predicted molar refractivity (Wildman–Crippen MR) is 93.0 cm³/mol. The van der Waals surface area contributed by atoms with Gasteiger partial charge in [-0.05, 0) is 24.3 Å². The molecule has 25 heavy (non-hydrogen) atoms. The van der Waals surface area contributed by atoms with Crippen LogP contribution < -0.4 is 10.6 Å². The molecule has 2 N–H and O–H groups in total. The molecular formula is C18H24N6O. The molecule has 7 nitrogen and oxygen atoms in total. The van der Waals surface area contributed by atoms with Gasteiger partial charge in [-0.15, -0.1) is 0 Å². The molecule has 2 amide bonds. The van der Waals surface area contributed by atoms with Crippen LogP contribution in [0.5, 0.6) is 0 Å². The van der Waals surface area contributed by atoms with E-state index in [2.05, 4.69) is 25.7 Å². The van der Waals surface area contributed by atoms with Crippen molar-refractivity contribution in [3.05, 3.63) is 36.5 Å². The number of nitrogens with one attached hydrogen (secondary N) is 2. The molecule has 2 aromatic heterocycles. The molecule has 0 aliphatic heterocycles. The summed E-state index contributed by atoms with van der Waals surface area (Å²) in [7, 11) is 0. The lowest BCUT2D eigenvalue weighted by molar-refractivity contribution is 0.237. The number of rotatable bonds is 5. The Morgan fingerprint density at radius 2 is 2.16 bits per heavy atom. The van der Waals surface area contributed by atoms with Crippen molar-refractivity contribution in [3.63, 3.8) is 0 Å². The predicted octanol–water partition coefficient (Wildman–Crippen LogP) is 2.43. The van der Waals surface area contributed by atoms with Gasteiger partial charge >= 0.3 is 6.03 Å². The normalized spacial score (nSPS) is 23.2. The summed E-state index contributed by atoms with van der Waals surface area (Å²) in [6.45, 7) is 0.412. The van der Waals surface area contributed by atoms with Crippen molar-refractivity contribution >= 4 is 6.03 Å². The second kappa shape index (κ2) is 7.21. The SMILES string of the molecule is O=C(NCc1cccnc1-n1cncn1)N[C@H]1C[C@H]1C1CCCCC1. The largest absolute Gasteiger partial charge is 0.335 e. The molecule has 0 aromatic carbocycles. The highest BCUT2D eigenvalue weighted by Crippen LogP contribution is 2.44. The Hall–Kier alpha value is -2.44. The Balaban J connectivity index is 1.29. The van der Waals surface area contributed by atoms with Gasteiger partial charge in [-0.2, -0.15) is 5.10 Å². The van der Waals surface area contributed by atoms with Crippen LogP contribution in [0.3, 0.4) is 0 Å². The van der Waals surface area contributed by atoms with Crippen LogP contribution >= 0.6 is 0 Å².